The molecule has 0 aromatic heterocycles. The molecule has 2 amide bonds. The van der Waals surface area contributed by atoms with E-state index < -0.39 is 0 Å². The predicted molar refractivity (Wildman–Crippen MR) is 91.9 cm³/mol. The van der Waals surface area contributed by atoms with Gasteiger partial charge < -0.3 is 20.7 Å². The van der Waals surface area contributed by atoms with E-state index in [1.807, 2.05) is 12.1 Å². The maximum absolute atomic E-state index is 12.0. The largest absolute Gasteiger partial charge is 0.484 e. The molecule has 2 aliphatic rings. The highest BCUT2D eigenvalue weighted by molar-refractivity contribution is 5.95. The second-order valence-electron chi connectivity index (χ2n) is 6.53. The third-order valence-corrected chi connectivity index (χ3v) is 4.90. The first-order chi connectivity index (χ1) is 11.7. The molecule has 2 fully saturated rings. The van der Waals surface area contributed by atoms with Gasteiger partial charge in [-0.05, 0) is 56.0 Å². The van der Waals surface area contributed by atoms with E-state index in [-0.39, 0.29) is 24.5 Å². The van der Waals surface area contributed by atoms with Gasteiger partial charge in [0, 0.05) is 24.7 Å². The van der Waals surface area contributed by atoms with Gasteiger partial charge in [-0.1, -0.05) is 6.42 Å². The summed E-state index contributed by atoms with van der Waals surface area (Å²) >= 11 is 0. The van der Waals surface area contributed by atoms with Gasteiger partial charge in [-0.3, -0.25) is 9.59 Å². The lowest BCUT2D eigenvalue weighted by molar-refractivity contribution is -0.124. The molecule has 2 atom stereocenters. The Bertz CT molecular complexity index is 588. The fourth-order valence-electron chi connectivity index (χ4n) is 3.55. The van der Waals surface area contributed by atoms with E-state index in [9.17, 15) is 9.59 Å². The minimum atomic E-state index is -0.112. The van der Waals surface area contributed by atoms with Gasteiger partial charge in [0.05, 0.1) is 0 Å². The van der Waals surface area contributed by atoms with E-state index in [1.165, 1.54) is 0 Å². The molecular formula is C18H25N3O3. The molecule has 130 valence electrons. The van der Waals surface area contributed by atoms with Gasteiger partial charge in [-0.2, -0.15) is 0 Å². The Hall–Kier alpha value is -2.08. The Kier molecular flexibility index (Phi) is 5.35. The number of rotatable bonds is 6. The first kappa shape index (κ1) is 16.8. The first-order valence-corrected chi connectivity index (χ1v) is 8.70. The van der Waals surface area contributed by atoms with Crippen LogP contribution in [0.5, 0.6) is 5.75 Å². The van der Waals surface area contributed by atoms with Crippen molar-refractivity contribution in [1.29, 1.82) is 0 Å². The topological polar surface area (TPSA) is 84.7 Å². The molecule has 1 aliphatic heterocycles. The van der Waals surface area contributed by atoms with Crippen LogP contribution in [0.15, 0.2) is 24.3 Å². The van der Waals surface area contributed by atoms with Crippen molar-refractivity contribution in [3.8, 4) is 5.75 Å². The molecule has 0 spiro atoms. The molecule has 6 nitrogen and oxygen atoms in total. The lowest BCUT2D eigenvalue weighted by Crippen LogP contribution is -2.42. The summed E-state index contributed by atoms with van der Waals surface area (Å²) in [6.07, 6.45) is 4.71. The van der Waals surface area contributed by atoms with E-state index in [0.29, 0.717) is 24.6 Å². The Morgan fingerprint density at radius 2 is 2.04 bits per heavy atom. The summed E-state index contributed by atoms with van der Waals surface area (Å²) in [5, 5.41) is 3.02. The number of hydrogen-bond acceptors (Lipinski definition) is 4. The van der Waals surface area contributed by atoms with E-state index in [4.69, 9.17) is 10.5 Å². The second kappa shape index (κ2) is 7.66. The summed E-state index contributed by atoms with van der Waals surface area (Å²) in [6, 6.07) is 7.49. The van der Waals surface area contributed by atoms with Crippen molar-refractivity contribution in [3.63, 3.8) is 0 Å². The zero-order valence-electron chi connectivity index (χ0n) is 13.9. The van der Waals surface area contributed by atoms with Gasteiger partial charge in [0.1, 0.15) is 5.75 Å². The minimum absolute atomic E-state index is 0.00418. The van der Waals surface area contributed by atoms with Crippen LogP contribution >= 0.6 is 0 Å². The lowest BCUT2D eigenvalue weighted by atomic mass is 10.0. The Morgan fingerprint density at radius 1 is 1.25 bits per heavy atom. The molecule has 1 heterocycles. The molecule has 24 heavy (non-hydrogen) atoms. The van der Waals surface area contributed by atoms with Crippen LogP contribution in [-0.2, 0) is 9.59 Å². The number of amides is 2. The van der Waals surface area contributed by atoms with Crippen LogP contribution in [0.4, 0.5) is 5.69 Å². The van der Waals surface area contributed by atoms with Crippen molar-refractivity contribution >= 4 is 17.5 Å². The number of nitrogens with two attached hydrogens (primary N) is 1. The van der Waals surface area contributed by atoms with Crippen LogP contribution in [0.1, 0.15) is 32.1 Å². The smallest absolute Gasteiger partial charge is 0.258 e. The average Bonchev–Trinajstić information content (AvgIpc) is 3.22. The molecule has 0 bridgehead atoms. The standard InChI is InChI=1S/C18H25N3O3/c19-11-13-3-1-4-16(13)20-17(22)12-24-15-8-6-14(7-9-15)21-10-2-5-18(21)23/h6-9,13,16H,1-5,10-12,19H2,(H,20,22). The monoisotopic (exact) mass is 331 g/mol. The normalized spacial score (nSPS) is 23.5. The highest BCUT2D eigenvalue weighted by Gasteiger charge is 2.27. The molecule has 2 unspecified atom stereocenters. The number of carbonyl (C=O) groups is 2. The molecule has 6 heteroatoms. The summed E-state index contributed by atoms with van der Waals surface area (Å²) in [5.41, 5.74) is 6.61. The summed E-state index contributed by atoms with van der Waals surface area (Å²) in [6.45, 7) is 1.38. The molecule has 1 aromatic rings. The fraction of sp³-hybridized carbons (Fsp3) is 0.556. The number of nitrogens with zero attached hydrogens (tertiary/aromatic N) is 1. The Balaban J connectivity index is 1.48. The van der Waals surface area contributed by atoms with Crippen molar-refractivity contribution in [1.82, 2.24) is 5.32 Å². The van der Waals surface area contributed by atoms with Gasteiger partial charge in [0.15, 0.2) is 6.61 Å². The lowest BCUT2D eigenvalue weighted by Gasteiger charge is -2.19. The van der Waals surface area contributed by atoms with Crippen LogP contribution < -0.4 is 20.7 Å². The Labute approximate surface area is 142 Å². The first-order valence-electron chi connectivity index (χ1n) is 8.70. The maximum Gasteiger partial charge on any atom is 0.258 e. The molecule has 1 saturated heterocycles. The van der Waals surface area contributed by atoms with Crippen molar-refractivity contribution in [3.05, 3.63) is 24.3 Å². The van der Waals surface area contributed by atoms with Gasteiger partial charge in [-0.15, -0.1) is 0 Å². The van der Waals surface area contributed by atoms with E-state index in [0.717, 1.165) is 37.9 Å². The SMILES string of the molecule is NCC1CCCC1NC(=O)COc1ccc(N2CCCC2=O)cc1. The van der Waals surface area contributed by atoms with Gasteiger partial charge in [0.25, 0.3) is 5.91 Å². The number of carbonyl (C=O) groups excluding carboxylic acids is 2. The molecule has 1 aromatic carbocycles. The van der Waals surface area contributed by atoms with Crippen LogP contribution in [0, 0.1) is 5.92 Å². The minimum Gasteiger partial charge on any atom is -0.484 e. The van der Waals surface area contributed by atoms with Crippen LogP contribution in [-0.4, -0.2) is 37.6 Å². The zero-order chi connectivity index (χ0) is 16.9. The number of ether oxygens (including phenoxy) is 1. The second-order valence-corrected chi connectivity index (χ2v) is 6.53. The quantitative estimate of drug-likeness (QED) is 0.826. The van der Waals surface area contributed by atoms with Crippen molar-refractivity contribution < 1.29 is 14.3 Å². The van der Waals surface area contributed by atoms with Gasteiger partial charge in [0.2, 0.25) is 5.91 Å². The third-order valence-electron chi connectivity index (χ3n) is 4.90. The molecule has 1 aliphatic carbocycles. The molecule has 3 N–H and O–H groups in total. The third kappa shape index (κ3) is 3.87. The van der Waals surface area contributed by atoms with Crippen molar-refractivity contribution in [2.45, 2.75) is 38.1 Å². The van der Waals surface area contributed by atoms with Crippen LogP contribution in [0.25, 0.3) is 0 Å². The highest BCUT2D eigenvalue weighted by atomic mass is 16.5. The molecule has 3 rings (SSSR count). The summed E-state index contributed by atoms with van der Waals surface area (Å²) in [7, 11) is 0. The summed E-state index contributed by atoms with van der Waals surface area (Å²) in [4.78, 5) is 25.5. The summed E-state index contributed by atoms with van der Waals surface area (Å²) in [5.74, 6) is 1.06. The number of nitrogens with one attached hydrogen (secondary N) is 1. The van der Waals surface area contributed by atoms with E-state index in [1.54, 1.807) is 17.0 Å². The van der Waals surface area contributed by atoms with Crippen molar-refractivity contribution in [2.75, 3.05) is 24.6 Å². The van der Waals surface area contributed by atoms with Gasteiger partial charge in [-0.25, -0.2) is 0 Å². The van der Waals surface area contributed by atoms with Gasteiger partial charge >= 0.3 is 0 Å². The molecule has 1 saturated carbocycles. The summed E-state index contributed by atoms with van der Waals surface area (Å²) < 4.78 is 5.54. The van der Waals surface area contributed by atoms with E-state index >= 15 is 0 Å². The fourth-order valence-corrected chi connectivity index (χ4v) is 3.55. The Morgan fingerprint density at radius 3 is 2.71 bits per heavy atom. The van der Waals surface area contributed by atoms with Crippen molar-refractivity contribution in [2.24, 2.45) is 11.7 Å². The molecule has 0 radical (unpaired) electrons. The van der Waals surface area contributed by atoms with Crippen LogP contribution in [0.3, 0.4) is 0 Å². The van der Waals surface area contributed by atoms with Crippen LogP contribution in [0.2, 0.25) is 0 Å². The predicted octanol–water partition coefficient (Wildman–Crippen LogP) is 1.44. The number of benzene rings is 1. The van der Waals surface area contributed by atoms with E-state index in [2.05, 4.69) is 5.32 Å². The average molecular weight is 331 g/mol. The highest BCUT2D eigenvalue weighted by Crippen LogP contribution is 2.25. The number of anilines is 1. The zero-order valence-corrected chi connectivity index (χ0v) is 13.9. The number of hydrogen-bond donors (Lipinski definition) is 2. The molecular weight excluding hydrogens is 306 g/mol. The maximum atomic E-state index is 12.0.